The summed E-state index contributed by atoms with van der Waals surface area (Å²) < 4.78 is 26.3. The highest BCUT2D eigenvalue weighted by Crippen LogP contribution is 2.25. The van der Waals surface area contributed by atoms with E-state index in [1.54, 1.807) is 32.6 Å². The number of aliphatic hydroxyl groups is 1. The van der Waals surface area contributed by atoms with Crippen LogP contribution in [0.25, 0.3) is 0 Å². The first kappa shape index (κ1) is 22.6. The van der Waals surface area contributed by atoms with Gasteiger partial charge in [0.1, 0.15) is 11.9 Å². The van der Waals surface area contributed by atoms with Crippen LogP contribution in [0.15, 0.2) is 54.9 Å². The Labute approximate surface area is 180 Å². The summed E-state index contributed by atoms with van der Waals surface area (Å²) in [4.78, 5) is 8.38. The Morgan fingerprint density at radius 1 is 0.903 bits per heavy atom. The Kier molecular flexibility index (Phi) is 7.49. The first-order valence-electron chi connectivity index (χ1n) is 9.98. The molecule has 166 valence electrons. The zero-order valence-corrected chi connectivity index (χ0v) is 18.4. The van der Waals surface area contributed by atoms with Crippen LogP contribution in [0.2, 0.25) is 0 Å². The van der Waals surface area contributed by atoms with Gasteiger partial charge in [-0.15, -0.1) is 0 Å². The molecule has 4 rings (SSSR count). The predicted octanol–water partition coefficient (Wildman–Crippen LogP) is 4.98. The number of hydrogen-bond acceptors (Lipinski definition) is 8. The third-order valence-electron chi connectivity index (χ3n) is 4.82. The number of rotatable bonds is 7. The van der Waals surface area contributed by atoms with Crippen molar-refractivity contribution in [1.29, 1.82) is 0 Å². The van der Waals surface area contributed by atoms with Crippen molar-refractivity contribution in [2.75, 3.05) is 7.11 Å². The lowest BCUT2D eigenvalue weighted by molar-refractivity contribution is 0.0826. The average molecular weight is 428 g/mol. The molecule has 0 aliphatic heterocycles. The fraction of sp³-hybridized carbons (Fsp3) is 0.391. The molecule has 8 nitrogen and oxygen atoms in total. The molecule has 1 N–H and O–H groups in total. The van der Waals surface area contributed by atoms with Crippen LogP contribution >= 0.6 is 0 Å². The van der Waals surface area contributed by atoms with E-state index >= 15 is 0 Å². The Hall–Kier alpha value is -3.10. The Morgan fingerprint density at radius 3 is 2.10 bits per heavy atom. The molecule has 0 radical (unpaired) electrons. The average Bonchev–Trinajstić information content (AvgIpc) is 3.51. The summed E-state index contributed by atoms with van der Waals surface area (Å²) in [6.07, 6.45) is 6.87. The van der Waals surface area contributed by atoms with Gasteiger partial charge in [0.05, 0.1) is 42.5 Å². The number of nitrogens with zero attached hydrogens (tertiary/aromatic N) is 2. The van der Waals surface area contributed by atoms with E-state index in [1.165, 1.54) is 12.5 Å². The van der Waals surface area contributed by atoms with Gasteiger partial charge in [0.15, 0.2) is 17.5 Å². The van der Waals surface area contributed by atoms with Crippen LogP contribution in [-0.2, 0) is 17.6 Å². The molecule has 2 unspecified atom stereocenters. The van der Waals surface area contributed by atoms with Crippen molar-refractivity contribution < 1.29 is 27.5 Å². The van der Waals surface area contributed by atoms with Gasteiger partial charge in [-0.25, -0.2) is 9.97 Å². The summed E-state index contributed by atoms with van der Waals surface area (Å²) in [5.74, 6) is 2.81. The molecule has 0 amide bonds. The molecule has 4 aromatic rings. The highest BCUT2D eigenvalue weighted by molar-refractivity contribution is 5.16. The standard InChI is InChI=1S/C12H15NO3.C11H13NO3/c1-8-12(16-9(2)13-8)11(14-3)6-10-4-5-15-7-10;1-7-11(15-8(2)12-7)5-10(13)9-3-4-14-6-9/h4-5,7,11H,6H2,1-3H3;3-4,6,10,13H,5H2,1-2H3. The first-order valence-corrected chi connectivity index (χ1v) is 9.98. The Bertz CT molecular complexity index is 1050. The van der Waals surface area contributed by atoms with E-state index in [-0.39, 0.29) is 6.10 Å². The van der Waals surface area contributed by atoms with E-state index < -0.39 is 6.10 Å². The van der Waals surface area contributed by atoms with Gasteiger partial charge in [-0.3, -0.25) is 0 Å². The molecule has 4 heterocycles. The molecule has 0 aliphatic carbocycles. The summed E-state index contributed by atoms with van der Waals surface area (Å²) in [5.41, 5.74) is 3.55. The lowest BCUT2D eigenvalue weighted by atomic mass is 10.1. The van der Waals surface area contributed by atoms with Crippen LogP contribution in [0.3, 0.4) is 0 Å². The predicted molar refractivity (Wildman–Crippen MR) is 111 cm³/mol. The molecule has 0 aromatic carbocycles. The second kappa shape index (κ2) is 10.3. The van der Waals surface area contributed by atoms with Crippen molar-refractivity contribution in [3.63, 3.8) is 0 Å². The molecule has 31 heavy (non-hydrogen) atoms. The molecular weight excluding hydrogens is 400 g/mol. The fourth-order valence-corrected chi connectivity index (χ4v) is 3.27. The van der Waals surface area contributed by atoms with Crippen molar-refractivity contribution in [2.24, 2.45) is 0 Å². The molecule has 4 aromatic heterocycles. The van der Waals surface area contributed by atoms with Crippen LogP contribution in [0, 0.1) is 27.7 Å². The van der Waals surface area contributed by atoms with Gasteiger partial charge >= 0.3 is 0 Å². The maximum absolute atomic E-state index is 9.85. The molecule has 0 saturated carbocycles. The van der Waals surface area contributed by atoms with Gasteiger partial charge in [-0.2, -0.15) is 0 Å². The van der Waals surface area contributed by atoms with Gasteiger partial charge in [-0.05, 0) is 31.5 Å². The SMILES string of the molecule is COC(Cc1ccoc1)c1oc(C)nc1C.Cc1nc(C)c(CC(O)c2ccoc2)o1. The van der Waals surface area contributed by atoms with Gasteiger partial charge in [0.2, 0.25) is 0 Å². The van der Waals surface area contributed by atoms with Gasteiger partial charge in [-0.1, -0.05) is 0 Å². The summed E-state index contributed by atoms with van der Waals surface area (Å²) in [5, 5.41) is 9.85. The fourth-order valence-electron chi connectivity index (χ4n) is 3.27. The van der Waals surface area contributed by atoms with E-state index in [4.69, 9.17) is 22.4 Å². The smallest absolute Gasteiger partial charge is 0.191 e. The van der Waals surface area contributed by atoms with E-state index in [2.05, 4.69) is 9.97 Å². The number of methoxy groups -OCH3 is 1. The minimum atomic E-state index is -0.602. The number of furan rings is 2. The number of aromatic nitrogens is 2. The molecular formula is C23H28N2O6. The summed E-state index contributed by atoms with van der Waals surface area (Å²) in [6.45, 7) is 7.42. The second-order valence-electron chi connectivity index (χ2n) is 7.26. The van der Waals surface area contributed by atoms with E-state index in [9.17, 15) is 5.11 Å². The van der Waals surface area contributed by atoms with Crippen molar-refractivity contribution in [2.45, 2.75) is 52.7 Å². The lowest BCUT2D eigenvalue weighted by Crippen LogP contribution is -2.05. The number of oxazole rings is 2. The van der Waals surface area contributed by atoms with E-state index in [1.807, 2.05) is 26.8 Å². The van der Waals surface area contributed by atoms with Crippen LogP contribution in [0.5, 0.6) is 0 Å². The summed E-state index contributed by atoms with van der Waals surface area (Å²) >= 11 is 0. The number of hydrogen-bond donors (Lipinski definition) is 1. The molecule has 8 heteroatoms. The maximum Gasteiger partial charge on any atom is 0.191 e. The highest BCUT2D eigenvalue weighted by atomic mass is 16.5. The summed E-state index contributed by atoms with van der Waals surface area (Å²) in [7, 11) is 1.67. The molecule has 2 atom stereocenters. The van der Waals surface area contributed by atoms with Crippen LogP contribution in [0.4, 0.5) is 0 Å². The Balaban J connectivity index is 0.000000176. The summed E-state index contributed by atoms with van der Waals surface area (Å²) in [6, 6.07) is 3.66. The van der Waals surface area contributed by atoms with Gasteiger partial charge in [0.25, 0.3) is 0 Å². The molecule has 0 spiro atoms. The van der Waals surface area contributed by atoms with Crippen molar-refractivity contribution in [3.8, 4) is 0 Å². The number of aliphatic hydroxyl groups excluding tert-OH is 1. The first-order chi connectivity index (χ1) is 14.9. The highest BCUT2D eigenvalue weighted by Gasteiger charge is 2.20. The minimum absolute atomic E-state index is 0.112. The second-order valence-corrected chi connectivity index (χ2v) is 7.26. The lowest BCUT2D eigenvalue weighted by Gasteiger charge is -2.11. The van der Waals surface area contributed by atoms with Crippen LogP contribution in [0.1, 0.15) is 58.0 Å². The minimum Gasteiger partial charge on any atom is -0.472 e. The van der Waals surface area contributed by atoms with Gasteiger partial charge in [0, 0.05) is 39.4 Å². The van der Waals surface area contributed by atoms with Crippen molar-refractivity contribution in [3.05, 3.63) is 83.0 Å². The molecule has 0 fully saturated rings. The van der Waals surface area contributed by atoms with Crippen LogP contribution in [-0.4, -0.2) is 22.2 Å². The number of ether oxygens (including phenoxy) is 1. The molecule has 0 saturated heterocycles. The topological polar surface area (TPSA) is 108 Å². The normalized spacial score (nSPS) is 13.0. The monoisotopic (exact) mass is 428 g/mol. The van der Waals surface area contributed by atoms with Crippen molar-refractivity contribution in [1.82, 2.24) is 9.97 Å². The quantitative estimate of drug-likeness (QED) is 0.439. The Morgan fingerprint density at radius 2 is 1.58 bits per heavy atom. The molecule has 0 bridgehead atoms. The van der Waals surface area contributed by atoms with Gasteiger partial charge < -0.3 is 27.5 Å². The number of aryl methyl sites for hydroxylation is 4. The third kappa shape index (κ3) is 5.96. The van der Waals surface area contributed by atoms with Crippen molar-refractivity contribution >= 4 is 0 Å². The largest absolute Gasteiger partial charge is 0.472 e. The third-order valence-corrected chi connectivity index (χ3v) is 4.82. The maximum atomic E-state index is 9.85. The zero-order chi connectivity index (χ0) is 22.4. The van der Waals surface area contributed by atoms with Crippen LogP contribution < -0.4 is 0 Å². The zero-order valence-electron chi connectivity index (χ0n) is 18.4. The molecule has 0 aliphatic rings. The van der Waals surface area contributed by atoms with E-state index in [0.717, 1.165) is 40.5 Å². The van der Waals surface area contributed by atoms with E-state index in [0.29, 0.717) is 18.2 Å².